The van der Waals surface area contributed by atoms with Crippen LogP contribution in [0.4, 0.5) is 10.1 Å². The average molecular weight is 238 g/mol. The lowest BCUT2D eigenvalue weighted by Crippen LogP contribution is -2.35. The van der Waals surface area contributed by atoms with E-state index in [1.807, 2.05) is 13.8 Å². The largest absolute Gasteiger partial charge is 0.393 e. The minimum absolute atomic E-state index is 0.104. The highest BCUT2D eigenvalue weighted by atomic mass is 19.1. The molecule has 2 heterocycles. The summed E-state index contributed by atoms with van der Waals surface area (Å²) >= 11 is 0. The highest BCUT2D eigenvalue weighted by Gasteiger charge is 2.19. The number of aromatic nitrogens is 1. The zero-order chi connectivity index (χ0) is 12.4. The van der Waals surface area contributed by atoms with E-state index in [4.69, 9.17) is 0 Å². The standard InChI is InChI=1S/C13H19FN2O/c1-9(2)13-12(14)7-10(8-15-13)16-5-3-11(17)4-6-16/h7-9,11,17H,3-6H2,1-2H3. The molecule has 94 valence electrons. The molecule has 0 bridgehead atoms. The Morgan fingerprint density at radius 3 is 2.59 bits per heavy atom. The normalized spacial score (nSPS) is 17.8. The van der Waals surface area contributed by atoms with Crippen molar-refractivity contribution in [3.63, 3.8) is 0 Å². The van der Waals surface area contributed by atoms with Crippen molar-refractivity contribution in [1.29, 1.82) is 0 Å². The Morgan fingerprint density at radius 2 is 2.06 bits per heavy atom. The van der Waals surface area contributed by atoms with Gasteiger partial charge >= 0.3 is 0 Å². The van der Waals surface area contributed by atoms with Crippen molar-refractivity contribution < 1.29 is 9.50 Å². The van der Waals surface area contributed by atoms with E-state index in [0.717, 1.165) is 31.6 Å². The van der Waals surface area contributed by atoms with E-state index in [1.165, 1.54) is 0 Å². The predicted octanol–water partition coefficient (Wildman–Crippen LogP) is 2.31. The smallest absolute Gasteiger partial charge is 0.147 e. The lowest BCUT2D eigenvalue weighted by molar-refractivity contribution is 0.145. The maximum absolute atomic E-state index is 13.8. The predicted molar refractivity (Wildman–Crippen MR) is 65.7 cm³/mol. The third-order valence-corrected chi connectivity index (χ3v) is 3.23. The number of hydrogen-bond donors (Lipinski definition) is 1. The van der Waals surface area contributed by atoms with Crippen LogP contribution in [-0.4, -0.2) is 29.3 Å². The first-order chi connectivity index (χ1) is 8.08. The van der Waals surface area contributed by atoms with Gasteiger partial charge < -0.3 is 10.0 Å². The minimum Gasteiger partial charge on any atom is -0.393 e. The van der Waals surface area contributed by atoms with E-state index < -0.39 is 0 Å². The summed E-state index contributed by atoms with van der Waals surface area (Å²) in [5.41, 5.74) is 1.34. The first-order valence-corrected chi connectivity index (χ1v) is 6.16. The highest BCUT2D eigenvalue weighted by molar-refractivity contribution is 5.45. The summed E-state index contributed by atoms with van der Waals surface area (Å²) in [4.78, 5) is 6.27. The van der Waals surface area contributed by atoms with Gasteiger partial charge in [-0.1, -0.05) is 13.8 Å². The Hall–Kier alpha value is -1.16. The zero-order valence-corrected chi connectivity index (χ0v) is 10.4. The van der Waals surface area contributed by atoms with Gasteiger partial charge in [-0.2, -0.15) is 0 Å². The van der Waals surface area contributed by atoms with E-state index in [9.17, 15) is 9.50 Å². The van der Waals surface area contributed by atoms with Crippen LogP contribution in [0.5, 0.6) is 0 Å². The quantitative estimate of drug-likeness (QED) is 0.859. The van der Waals surface area contributed by atoms with Crippen molar-refractivity contribution in [2.75, 3.05) is 18.0 Å². The molecule has 1 fully saturated rings. The van der Waals surface area contributed by atoms with Crippen molar-refractivity contribution in [3.8, 4) is 0 Å². The molecule has 17 heavy (non-hydrogen) atoms. The fraction of sp³-hybridized carbons (Fsp3) is 0.615. The number of nitrogens with zero attached hydrogens (tertiary/aromatic N) is 2. The molecule has 0 saturated carbocycles. The van der Waals surface area contributed by atoms with Gasteiger partial charge in [0.05, 0.1) is 23.7 Å². The van der Waals surface area contributed by atoms with E-state index in [1.54, 1.807) is 12.3 Å². The van der Waals surface area contributed by atoms with Crippen LogP contribution in [0.2, 0.25) is 0 Å². The molecule has 0 aliphatic carbocycles. The molecule has 1 aliphatic rings. The summed E-state index contributed by atoms with van der Waals surface area (Å²) in [6.45, 7) is 5.40. The van der Waals surface area contributed by atoms with Gasteiger partial charge in [0.25, 0.3) is 0 Å². The van der Waals surface area contributed by atoms with Crippen molar-refractivity contribution in [2.24, 2.45) is 0 Å². The van der Waals surface area contributed by atoms with Crippen LogP contribution in [0.15, 0.2) is 12.3 Å². The molecule has 0 amide bonds. The number of anilines is 1. The first-order valence-electron chi connectivity index (χ1n) is 6.16. The maximum Gasteiger partial charge on any atom is 0.147 e. The van der Waals surface area contributed by atoms with Crippen molar-refractivity contribution in [3.05, 3.63) is 23.8 Å². The monoisotopic (exact) mass is 238 g/mol. The van der Waals surface area contributed by atoms with Crippen LogP contribution in [0.1, 0.15) is 38.3 Å². The Labute approximate surface area is 101 Å². The lowest BCUT2D eigenvalue weighted by Gasteiger charge is -2.31. The lowest BCUT2D eigenvalue weighted by atomic mass is 10.1. The number of hydrogen-bond acceptors (Lipinski definition) is 3. The molecule has 0 spiro atoms. The Morgan fingerprint density at radius 1 is 1.41 bits per heavy atom. The average Bonchev–Trinajstić information content (AvgIpc) is 2.29. The maximum atomic E-state index is 13.8. The fourth-order valence-electron chi connectivity index (χ4n) is 2.16. The molecule has 2 rings (SSSR count). The van der Waals surface area contributed by atoms with Gasteiger partial charge in [0.2, 0.25) is 0 Å². The first kappa shape index (κ1) is 12.3. The van der Waals surface area contributed by atoms with Crippen molar-refractivity contribution in [2.45, 2.75) is 38.7 Å². The second kappa shape index (κ2) is 5.00. The van der Waals surface area contributed by atoms with Crippen molar-refractivity contribution >= 4 is 5.69 Å². The van der Waals surface area contributed by atoms with Gasteiger partial charge in [-0.05, 0) is 18.8 Å². The van der Waals surface area contributed by atoms with E-state index in [0.29, 0.717) is 5.69 Å². The van der Waals surface area contributed by atoms with E-state index in [-0.39, 0.29) is 17.8 Å². The van der Waals surface area contributed by atoms with E-state index in [2.05, 4.69) is 9.88 Å². The van der Waals surface area contributed by atoms with Gasteiger partial charge in [0.1, 0.15) is 5.82 Å². The summed E-state index contributed by atoms with van der Waals surface area (Å²) in [6, 6.07) is 1.56. The second-order valence-electron chi connectivity index (χ2n) is 4.93. The Bertz CT molecular complexity index is 387. The summed E-state index contributed by atoms with van der Waals surface area (Å²) in [5.74, 6) is -0.129. The molecule has 1 N–H and O–H groups in total. The number of aliphatic hydroxyl groups is 1. The third-order valence-electron chi connectivity index (χ3n) is 3.23. The number of halogens is 1. The number of aliphatic hydroxyl groups excluding tert-OH is 1. The minimum atomic E-state index is -0.233. The second-order valence-corrected chi connectivity index (χ2v) is 4.93. The zero-order valence-electron chi connectivity index (χ0n) is 10.4. The molecule has 1 saturated heterocycles. The number of piperidine rings is 1. The molecular weight excluding hydrogens is 219 g/mol. The van der Waals surface area contributed by atoms with Crippen LogP contribution >= 0.6 is 0 Å². The van der Waals surface area contributed by atoms with E-state index >= 15 is 0 Å². The fourth-order valence-corrected chi connectivity index (χ4v) is 2.16. The SMILES string of the molecule is CC(C)c1ncc(N2CCC(O)CC2)cc1F. The molecule has 0 aromatic carbocycles. The molecule has 1 aromatic heterocycles. The molecule has 0 unspecified atom stereocenters. The molecule has 0 atom stereocenters. The highest BCUT2D eigenvalue weighted by Crippen LogP contribution is 2.23. The molecule has 1 aromatic rings. The number of rotatable bonds is 2. The van der Waals surface area contributed by atoms with Crippen LogP contribution in [-0.2, 0) is 0 Å². The third kappa shape index (κ3) is 2.75. The van der Waals surface area contributed by atoms with Crippen LogP contribution < -0.4 is 4.90 Å². The van der Waals surface area contributed by atoms with Crippen LogP contribution in [0, 0.1) is 5.82 Å². The molecule has 0 radical (unpaired) electrons. The van der Waals surface area contributed by atoms with Crippen LogP contribution in [0.3, 0.4) is 0 Å². The summed E-state index contributed by atoms with van der Waals surface area (Å²) in [7, 11) is 0. The number of pyridine rings is 1. The van der Waals surface area contributed by atoms with Gasteiger partial charge in [0, 0.05) is 19.2 Å². The Balaban J connectivity index is 2.14. The van der Waals surface area contributed by atoms with Gasteiger partial charge in [-0.15, -0.1) is 0 Å². The summed E-state index contributed by atoms with van der Waals surface area (Å²) < 4.78 is 13.8. The molecule has 4 heteroatoms. The van der Waals surface area contributed by atoms with Crippen molar-refractivity contribution in [1.82, 2.24) is 4.98 Å². The van der Waals surface area contributed by atoms with Gasteiger partial charge in [-0.25, -0.2) is 4.39 Å². The Kier molecular flexibility index (Phi) is 3.62. The van der Waals surface area contributed by atoms with Gasteiger partial charge in [0.15, 0.2) is 0 Å². The molecule has 3 nitrogen and oxygen atoms in total. The molecular formula is C13H19FN2O. The molecule has 1 aliphatic heterocycles. The summed E-state index contributed by atoms with van der Waals surface area (Å²) in [5, 5.41) is 9.43. The van der Waals surface area contributed by atoms with Crippen LogP contribution in [0.25, 0.3) is 0 Å². The topological polar surface area (TPSA) is 36.4 Å². The van der Waals surface area contributed by atoms with Gasteiger partial charge in [-0.3, -0.25) is 4.98 Å². The summed E-state index contributed by atoms with van der Waals surface area (Å²) in [6.07, 6.45) is 3.01.